The van der Waals surface area contributed by atoms with Gasteiger partial charge in [-0.3, -0.25) is 14.3 Å². The monoisotopic (exact) mass is 275 g/mol. The van der Waals surface area contributed by atoms with Crippen LogP contribution in [-0.2, 0) is 13.5 Å². The van der Waals surface area contributed by atoms with E-state index in [0.717, 1.165) is 17.0 Å². The van der Waals surface area contributed by atoms with Gasteiger partial charge >= 0.3 is 0 Å². The molecule has 0 aliphatic carbocycles. The van der Waals surface area contributed by atoms with Crippen LogP contribution >= 0.6 is 0 Å². The van der Waals surface area contributed by atoms with Crippen LogP contribution in [0.1, 0.15) is 27.4 Å². The number of aromatic nitrogens is 4. The zero-order valence-corrected chi connectivity index (χ0v) is 11.7. The molecule has 0 bridgehead atoms. The summed E-state index contributed by atoms with van der Waals surface area (Å²) in [6.07, 6.45) is 0.709. The number of aromatic amines is 1. The van der Waals surface area contributed by atoms with E-state index in [1.165, 1.54) is 12.1 Å². The first-order chi connectivity index (χ1) is 9.49. The molecule has 0 atom stereocenters. The first-order valence-corrected chi connectivity index (χ1v) is 6.32. The fourth-order valence-electron chi connectivity index (χ4n) is 2.04. The average molecular weight is 275 g/mol. The second kappa shape index (κ2) is 5.68. The lowest BCUT2D eigenvalue weighted by atomic mass is 10.1. The van der Waals surface area contributed by atoms with Crippen molar-refractivity contribution in [2.75, 3.05) is 6.54 Å². The Morgan fingerprint density at radius 2 is 2.15 bits per heavy atom. The molecule has 0 saturated carbocycles. The maximum Gasteiger partial charge on any atom is 0.271 e. The molecule has 0 saturated heterocycles. The Labute approximate surface area is 116 Å². The normalized spacial score (nSPS) is 10.6. The Bertz CT molecular complexity index is 666. The third-order valence-electron chi connectivity index (χ3n) is 3.23. The Kier molecular flexibility index (Phi) is 3.97. The molecule has 1 amide bonds. The molecule has 2 N–H and O–H groups in total. The van der Waals surface area contributed by atoms with Gasteiger partial charge in [-0.25, -0.2) is 5.10 Å². The van der Waals surface area contributed by atoms with Crippen molar-refractivity contribution in [3.8, 4) is 0 Å². The first kappa shape index (κ1) is 14.0. The summed E-state index contributed by atoms with van der Waals surface area (Å²) in [4.78, 5) is 22.7. The minimum absolute atomic E-state index is 0.198. The number of hydrogen-bond acceptors (Lipinski definition) is 4. The van der Waals surface area contributed by atoms with Crippen molar-refractivity contribution in [1.29, 1.82) is 0 Å². The van der Waals surface area contributed by atoms with Crippen LogP contribution in [-0.4, -0.2) is 32.4 Å². The second-order valence-corrected chi connectivity index (χ2v) is 4.59. The molecule has 2 aromatic heterocycles. The van der Waals surface area contributed by atoms with Gasteiger partial charge in [-0.2, -0.15) is 10.2 Å². The van der Waals surface area contributed by atoms with Gasteiger partial charge < -0.3 is 5.32 Å². The van der Waals surface area contributed by atoms with Gasteiger partial charge in [0, 0.05) is 25.4 Å². The van der Waals surface area contributed by atoms with Gasteiger partial charge in [0.2, 0.25) is 0 Å². The van der Waals surface area contributed by atoms with Crippen LogP contribution in [0.25, 0.3) is 0 Å². The molecule has 0 spiro atoms. The maximum atomic E-state index is 11.8. The molecule has 0 aliphatic rings. The summed E-state index contributed by atoms with van der Waals surface area (Å²) in [5.74, 6) is -0.305. The minimum Gasteiger partial charge on any atom is -0.350 e. The fourth-order valence-corrected chi connectivity index (χ4v) is 2.04. The summed E-state index contributed by atoms with van der Waals surface area (Å²) >= 11 is 0. The summed E-state index contributed by atoms with van der Waals surface area (Å²) in [5, 5.41) is 13.0. The summed E-state index contributed by atoms with van der Waals surface area (Å²) in [6, 6.07) is 2.67. The summed E-state index contributed by atoms with van der Waals surface area (Å²) in [6.45, 7) is 4.45. The predicted octanol–water partition coefficient (Wildman–Crippen LogP) is 0.0927. The van der Waals surface area contributed by atoms with Crippen LogP contribution in [0.15, 0.2) is 16.9 Å². The highest BCUT2D eigenvalue weighted by atomic mass is 16.2. The van der Waals surface area contributed by atoms with Crippen molar-refractivity contribution >= 4 is 5.91 Å². The third kappa shape index (κ3) is 2.93. The third-order valence-corrected chi connectivity index (χ3v) is 3.23. The number of aryl methyl sites for hydroxylation is 2. The molecule has 2 aromatic rings. The molecule has 0 aliphatic heterocycles. The molecule has 20 heavy (non-hydrogen) atoms. The average Bonchev–Trinajstić information content (AvgIpc) is 2.65. The van der Waals surface area contributed by atoms with Crippen molar-refractivity contribution in [3.63, 3.8) is 0 Å². The quantitative estimate of drug-likeness (QED) is 0.827. The Hall–Kier alpha value is -2.44. The molecular weight excluding hydrogens is 258 g/mol. The van der Waals surface area contributed by atoms with E-state index in [0.29, 0.717) is 13.0 Å². The van der Waals surface area contributed by atoms with E-state index >= 15 is 0 Å². The molecule has 0 radical (unpaired) electrons. The van der Waals surface area contributed by atoms with E-state index in [4.69, 9.17) is 0 Å². The first-order valence-electron chi connectivity index (χ1n) is 6.32. The smallest absolute Gasteiger partial charge is 0.271 e. The Morgan fingerprint density at radius 3 is 2.70 bits per heavy atom. The summed E-state index contributed by atoms with van der Waals surface area (Å²) in [5.41, 5.74) is 3.08. The van der Waals surface area contributed by atoms with Crippen molar-refractivity contribution in [1.82, 2.24) is 25.3 Å². The van der Waals surface area contributed by atoms with E-state index in [1.54, 1.807) is 0 Å². The molecule has 7 heteroatoms. The number of carbonyl (C=O) groups is 1. The molecule has 0 fully saturated rings. The molecule has 0 unspecified atom stereocenters. The lowest BCUT2D eigenvalue weighted by Gasteiger charge is -2.05. The van der Waals surface area contributed by atoms with Gasteiger partial charge in [-0.05, 0) is 31.9 Å². The van der Waals surface area contributed by atoms with Crippen LogP contribution in [0.2, 0.25) is 0 Å². The number of amides is 1. The van der Waals surface area contributed by atoms with Crippen LogP contribution < -0.4 is 10.9 Å². The minimum atomic E-state index is -0.330. The zero-order chi connectivity index (χ0) is 14.7. The van der Waals surface area contributed by atoms with Crippen LogP contribution in [0.5, 0.6) is 0 Å². The van der Waals surface area contributed by atoms with Crippen molar-refractivity contribution in [2.45, 2.75) is 20.3 Å². The Morgan fingerprint density at radius 1 is 1.40 bits per heavy atom. The van der Waals surface area contributed by atoms with Crippen LogP contribution in [0.3, 0.4) is 0 Å². The number of nitrogens with zero attached hydrogens (tertiary/aromatic N) is 3. The topological polar surface area (TPSA) is 92.7 Å². The Balaban J connectivity index is 1.94. The number of rotatable bonds is 4. The zero-order valence-electron chi connectivity index (χ0n) is 11.7. The lowest BCUT2D eigenvalue weighted by Crippen LogP contribution is -2.27. The largest absolute Gasteiger partial charge is 0.350 e. The summed E-state index contributed by atoms with van der Waals surface area (Å²) in [7, 11) is 1.90. The molecule has 2 rings (SSSR count). The standard InChI is InChI=1S/C13H17N5O2/c1-8-10(9(2)18(3)17-8)6-7-14-13(20)11-4-5-12(19)16-15-11/h4-5H,6-7H2,1-3H3,(H,14,20)(H,16,19). The molecule has 7 nitrogen and oxygen atoms in total. The van der Waals surface area contributed by atoms with E-state index in [1.807, 2.05) is 25.6 Å². The number of H-pyrrole nitrogens is 1. The number of hydrogen-bond donors (Lipinski definition) is 2. The van der Waals surface area contributed by atoms with E-state index in [2.05, 4.69) is 20.6 Å². The molecule has 0 aromatic carbocycles. The summed E-state index contributed by atoms with van der Waals surface area (Å²) < 4.78 is 1.83. The fraction of sp³-hybridized carbons (Fsp3) is 0.385. The van der Waals surface area contributed by atoms with E-state index in [-0.39, 0.29) is 17.2 Å². The highest BCUT2D eigenvalue weighted by molar-refractivity contribution is 5.91. The van der Waals surface area contributed by atoms with Gasteiger partial charge in [0.1, 0.15) is 5.69 Å². The second-order valence-electron chi connectivity index (χ2n) is 4.59. The van der Waals surface area contributed by atoms with Crippen molar-refractivity contribution in [3.05, 3.63) is 45.1 Å². The predicted molar refractivity (Wildman–Crippen MR) is 73.6 cm³/mol. The molecule has 2 heterocycles. The SMILES string of the molecule is Cc1nn(C)c(C)c1CCNC(=O)c1ccc(=O)[nH]n1. The van der Waals surface area contributed by atoms with E-state index in [9.17, 15) is 9.59 Å². The van der Waals surface area contributed by atoms with Gasteiger partial charge in [0.25, 0.3) is 11.5 Å². The van der Waals surface area contributed by atoms with Gasteiger partial charge in [-0.15, -0.1) is 0 Å². The van der Waals surface area contributed by atoms with Crippen molar-refractivity contribution < 1.29 is 4.79 Å². The number of carbonyl (C=O) groups excluding carboxylic acids is 1. The van der Waals surface area contributed by atoms with E-state index < -0.39 is 0 Å². The molecular formula is C13H17N5O2. The highest BCUT2D eigenvalue weighted by Crippen LogP contribution is 2.11. The van der Waals surface area contributed by atoms with Gasteiger partial charge in [0.15, 0.2) is 0 Å². The van der Waals surface area contributed by atoms with Crippen molar-refractivity contribution in [2.24, 2.45) is 7.05 Å². The van der Waals surface area contributed by atoms with Gasteiger partial charge in [0.05, 0.1) is 5.69 Å². The van der Waals surface area contributed by atoms with Gasteiger partial charge in [-0.1, -0.05) is 0 Å². The van der Waals surface area contributed by atoms with Crippen LogP contribution in [0.4, 0.5) is 0 Å². The number of nitrogens with one attached hydrogen (secondary N) is 2. The lowest BCUT2D eigenvalue weighted by molar-refractivity contribution is 0.0948. The molecule has 106 valence electrons. The highest BCUT2D eigenvalue weighted by Gasteiger charge is 2.11. The van der Waals surface area contributed by atoms with Crippen LogP contribution in [0, 0.1) is 13.8 Å². The maximum absolute atomic E-state index is 11.8.